The molecule has 3 rings (SSSR count). The Bertz CT molecular complexity index is 661. The van der Waals surface area contributed by atoms with Gasteiger partial charge < -0.3 is 4.90 Å². The van der Waals surface area contributed by atoms with Crippen LogP contribution in [0.3, 0.4) is 0 Å². The molecule has 2 aliphatic rings. The predicted octanol–water partition coefficient (Wildman–Crippen LogP) is 2.52. The fourth-order valence-electron chi connectivity index (χ4n) is 3.98. The summed E-state index contributed by atoms with van der Waals surface area (Å²) in [6.45, 7) is 2.78. The van der Waals surface area contributed by atoms with Crippen molar-refractivity contribution in [3.63, 3.8) is 0 Å². The van der Waals surface area contributed by atoms with Crippen LogP contribution in [-0.4, -0.2) is 41.1 Å². The average Bonchev–Trinajstić information content (AvgIpc) is 2.86. The maximum absolute atomic E-state index is 12.4. The number of hydrogen-bond acceptors (Lipinski definition) is 3. The van der Waals surface area contributed by atoms with Gasteiger partial charge in [0.15, 0.2) is 0 Å². The van der Waals surface area contributed by atoms with Crippen LogP contribution in [0.25, 0.3) is 0 Å². The lowest BCUT2D eigenvalue weighted by Crippen LogP contribution is -2.36. The molecule has 2 fully saturated rings. The maximum Gasteiger partial charge on any atom is 0.233 e. The van der Waals surface area contributed by atoms with Gasteiger partial charge in [-0.05, 0) is 30.9 Å². The highest BCUT2D eigenvalue weighted by Crippen LogP contribution is 2.37. The van der Waals surface area contributed by atoms with Gasteiger partial charge in [-0.25, -0.2) is 0 Å². The van der Waals surface area contributed by atoms with Gasteiger partial charge in [-0.3, -0.25) is 19.3 Å². The molecule has 5 heteroatoms. The molecule has 0 aromatic heterocycles. The summed E-state index contributed by atoms with van der Waals surface area (Å²) in [4.78, 5) is 40.3. The van der Waals surface area contributed by atoms with Crippen molar-refractivity contribution in [2.24, 2.45) is 11.8 Å². The van der Waals surface area contributed by atoms with E-state index >= 15 is 0 Å². The summed E-state index contributed by atoms with van der Waals surface area (Å²) in [6.07, 6.45) is 3.86. The second-order valence-corrected chi connectivity index (χ2v) is 7.25. The number of amides is 3. The molecular weight excluding hydrogens is 316 g/mol. The van der Waals surface area contributed by atoms with Crippen molar-refractivity contribution in [1.82, 2.24) is 9.80 Å². The highest BCUT2D eigenvalue weighted by atomic mass is 16.2. The van der Waals surface area contributed by atoms with E-state index in [-0.39, 0.29) is 42.5 Å². The van der Waals surface area contributed by atoms with Gasteiger partial charge in [0.05, 0.1) is 11.8 Å². The van der Waals surface area contributed by atoms with Crippen molar-refractivity contribution in [3.05, 3.63) is 35.4 Å². The van der Waals surface area contributed by atoms with Crippen molar-refractivity contribution >= 4 is 17.7 Å². The number of rotatable bonds is 5. The number of imide groups is 1. The number of fused-ring (bicyclic) bond motifs is 1. The second kappa shape index (κ2) is 7.38. The number of carbonyl (C=O) groups excluding carboxylic acids is 3. The standard InChI is InChI=1S/C20H26N2O3/c1-14-7-3-4-8-15(14)13-21(2)18(23)11-12-22-19(24)16-9-5-6-10-17(16)20(22)25/h3-4,7-8,16-17H,5-6,9-13H2,1-2H3/t16-,17+. The van der Waals surface area contributed by atoms with Crippen LogP contribution in [0, 0.1) is 18.8 Å². The van der Waals surface area contributed by atoms with E-state index in [0.29, 0.717) is 6.54 Å². The van der Waals surface area contributed by atoms with E-state index in [2.05, 4.69) is 0 Å². The summed E-state index contributed by atoms with van der Waals surface area (Å²) in [5, 5.41) is 0. The first-order valence-corrected chi connectivity index (χ1v) is 9.12. The minimum Gasteiger partial charge on any atom is -0.341 e. The van der Waals surface area contributed by atoms with E-state index in [1.807, 2.05) is 31.2 Å². The lowest BCUT2D eigenvalue weighted by atomic mass is 9.81. The van der Waals surface area contributed by atoms with Crippen LogP contribution < -0.4 is 0 Å². The van der Waals surface area contributed by atoms with Gasteiger partial charge in [-0.15, -0.1) is 0 Å². The number of hydrogen-bond donors (Lipinski definition) is 0. The number of nitrogens with zero attached hydrogens (tertiary/aromatic N) is 2. The quantitative estimate of drug-likeness (QED) is 0.773. The molecule has 1 aromatic carbocycles. The number of likely N-dealkylation sites (tertiary alicyclic amines) is 1. The topological polar surface area (TPSA) is 57.7 Å². The normalized spacial score (nSPS) is 22.9. The second-order valence-electron chi connectivity index (χ2n) is 7.25. The third-order valence-electron chi connectivity index (χ3n) is 5.58. The van der Waals surface area contributed by atoms with E-state index < -0.39 is 0 Å². The van der Waals surface area contributed by atoms with Gasteiger partial charge in [0, 0.05) is 26.6 Å². The van der Waals surface area contributed by atoms with Gasteiger partial charge in [0.1, 0.15) is 0 Å². The van der Waals surface area contributed by atoms with Gasteiger partial charge >= 0.3 is 0 Å². The zero-order valence-corrected chi connectivity index (χ0v) is 15.0. The first-order valence-electron chi connectivity index (χ1n) is 9.12. The maximum atomic E-state index is 12.4. The molecule has 25 heavy (non-hydrogen) atoms. The van der Waals surface area contributed by atoms with Crippen molar-refractivity contribution in [3.8, 4) is 0 Å². The molecule has 134 valence electrons. The van der Waals surface area contributed by atoms with Gasteiger partial charge in [-0.2, -0.15) is 0 Å². The Morgan fingerprint density at radius 1 is 1.12 bits per heavy atom. The molecule has 0 unspecified atom stereocenters. The Hall–Kier alpha value is -2.17. The van der Waals surface area contributed by atoms with Gasteiger partial charge in [0.25, 0.3) is 0 Å². The minimum atomic E-state index is -0.138. The molecule has 3 amide bonds. The molecule has 0 bridgehead atoms. The molecule has 0 N–H and O–H groups in total. The van der Waals surface area contributed by atoms with Gasteiger partial charge in [-0.1, -0.05) is 37.1 Å². The SMILES string of the molecule is Cc1ccccc1CN(C)C(=O)CCN1C(=O)[C@H]2CCCC[C@H]2C1=O. The highest BCUT2D eigenvalue weighted by molar-refractivity contribution is 6.05. The van der Waals surface area contributed by atoms with E-state index in [0.717, 1.165) is 36.8 Å². The number of carbonyl (C=O) groups is 3. The summed E-state index contributed by atoms with van der Waals surface area (Å²) in [7, 11) is 1.77. The zero-order valence-electron chi connectivity index (χ0n) is 15.0. The van der Waals surface area contributed by atoms with Crippen LogP contribution in [0.5, 0.6) is 0 Å². The lowest BCUT2D eigenvalue weighted by molar-refractivity contribution is -0.140. The zero-order chi connectivity index (χ0) is 18.0. The summed E-state index contributed by atoms with van der Waals surface area (Å²) in [5.74, 6) is -0.450. The van der Waals surface area contributed by atoms with Crippen molar-refractivity contribution in [1.29, 1.82) is 0 Å². The minimum absolute atomic E-state index is 0.0428. The molecular formula is C20H26N2O3. The summed E-state index contributed by atoms with van der Waals surface area (Å²) < 4.78 is 0. The van der Waals surface area contributed by atoms with E-state index in [9.17, 15) is 14.4 Å². The van der Waals surface area contributed by atoms with E-state index in [1.165, 1.54) is 4.90 Å². The molecule has 2 atom stereocenters. The molecule has 5 nitrogen and oxygen atoms in total. The lowest BCUT2D eigenvalue weighted by Gasteiger charge is -2.20. The largest absolute Gasteiger partial charge is 0.341 e. The first kappa shape index (κ1) is 17.6. The molecule has 1 aromatic rings. The Morgan fingerprint density at radius 2 is 1.72 bits per heavy atom. The fourth-order valence-corrected chi connectivity index (χ4v) is 3.98. The molecule has 1 saturated carbocycles. The van der Waals surface area contributed by atoms with Crippen LogP contribution >= 0.6 is 0 Å². The molecule has 1 aliphatic heterocycles. The molecule has 0 radical (unpaired) electrons. The molecule has 1 heterocycles. The van der Waals surface area contributed by atoms with Crippen LogP contribution in [0.15, 0.2) is 24.3 Å². The Kier molecular flexibility index (Phi) is 5.21. The molecule has 1 saturated heterocycles. The van der Waals surface area contributed by atoms with Gasteiger partial charge in [0.2, 0.25) is 17.7 Å². The van der Waals surface area contributed by atoms with E-state index in [4.69, 9.17) is 0 Å². The van der Waals surface area contributed by atoms with Crippen LogP contribution in [-0.2, 0) is 20.9 Å². The number of benzene rings is 1. The molecule has 1 aliphatic carbocycles. The van der Waals surface area contributed by atoms with Crippen LogP contribution in [0.1, 0.15) is 43.2 Å². The van der Waals surface area contributed by atoms with Crippen molar-refractivity contribution in [2.45, 2.75) is 45.6 Å². The third kappa shape index (κ3) is 3.60. The van der Waals surface area contributed by atoms with Crippen molar-refractivity contribution < 1.29 is 14.4 Å². The Balaban J connectivity index is 1.56. The smallest absolute Gasteiger partial charge is 0.233 e. The average molecular weight is 342 g/mol. The van der Waals surface area contributed by atoms with Crippen LogP contribution in [0.2, 0.25) is 0 Å². The Labute approximate surface area is 149 Å². The fraction of sp³-hybridized carbons (Fsp3) is 0.550. The summed E-state index contributed by atoms with van der Waals surface area (Å²) in [5.41, 5.74) is 2.26. The first-order chi connectivity index (χ1) is 12.0. The third-order valence-corrected chi connectivity index (χ3v) is 5.58. The monoisotopic (exact) mass is 342 g/mol. The highest BCUT2D eigenvalue weighted by Gasteiger charge is 2.47. The predicted molar refractivity (Wildman–Crippen MR) is 94.4 cm³/mol. The Morgan fingerprint density at radius 3 is 2.32 bits per heavy atom. The van der Waals surface area contributed by atoms with Crippen LogP contribution in [0.4, 0.5) is 0 Å². The number of aryl methyl sites for hydroxylation is 1. The van der Waals surface area contributed by atoms with Crippen molar-refractivity contribution in [2.75, 3.05) is 13.6 Å². The van der Waals surface area contributed by atoms with E-state index in [1.54, 1.807) is 11.9 Å². The summed E-state index contributed by atoms with van der Waals surface area (Å²) in [6, 6.07) is 7.98. The summed E-state index contributed by atoms with van der Waals surface area (Å²) >= 11 is 0. The molecule has 0 spiro atoms.